The number of likely N-dealkylation sites (tertiary alicyclic amines) is 1. The van der Waals surface area contributed by atoms with Crippen LogP contribution in [-0.4, -0.2) is 73.1 Å². The Morgan fingerprint density at radius 2 is 1.64 bits per heavy atom. The quantitative estimate of drug-likeness (QED) is 0.664. The molecule has 0 spiro atoms. The van der Waals surface area contributed by atoms with E-state index in [-0.39, 0.29) is 48.6 Å². The molecule has 3 heterocycles. The van der Waals surface area contributed by atoms with Crippen LogP contribution in [-0.2, 0) is 21.0 Å². The largest absolute Gasteiger partial charge is 0.459 e. The summed E-state index contributed by atoms with van der Waals surface area (Å²) in [5.74, 6) is -0.458. The molecule has 4 rings (SSSR count). The van der Waals surface area contributed by atoms with Crippen molar-refractivity contribution in [2.24, 2.45) is 0 Å². The SMILES string of the molecule is O=C([C@@H]1CCCN1C(=O)c1ccco1)N1CCN(S(=O)(=O)c2ccc(C(F)(F)F)cc2)CC1. The first kappa shape index (κ1) is 23.3. The highest BCUT2D eigenvalue weighted by Gasteiger charge is 2.39. The minimum atomic E-state index is -4.55. The van der Waals surface area contributed by atoms with Gasteiger partial charge >= 0.3 is 6.18 Å². The Balaban J connectivity index is 1.40. The van der Waals surface area contributed by atoms with Gasteiger partial charge in [-0.05, 0) is 49.2 Å². The minimum Gasteiger partial charge on any atom is -0.459 e. The number of hydrogen-bond donors (Lipinski definition) is 0. The number of furan rings is 1. The maximum atomic E-state index is 13.1. The van der Waals surface area contributed by atoms with Crippen LogP contribution in [0.15, 0.2) is 52.0 Å². The number of halogens is 3. The van der Waals surface area contributed by atoms with Crippen LogP contribution >= 0.6 is 0 Å². The van der Waals surface area contributed by atoms with Crippen molar-refractivity contribution in [1.82, 2.24) is 14.1 Å². The first-order valence-corrected chi connectivity index (χ1v) is 11.8. The minimum absolute atomic E-state index is 0.00788. The first-order chi connectivity index (χ1) is 15.6. The molecule has 2 amide bonds. The number of sulfonamides is 1. The fourth-order valence-corrected chi connectivity index (χ4v) is 5.56. The van der Waals surface area contributed by atoms with Crippen LogP contribution < -0.4 is 0 Å². The summed E-state index contributed by atoms with van der Waals surface area (Å²) in [5, 5.41) is 0. The molecule has 0 radical (unpaired) electrons. The molecule has 12 heteroatoms. The van der Waals surface area contributed by atoms with Crippen LogP contribution in [0.5, 0.6) is 0 Å². The van der Waals surface area contributed by atoms with E-state index >= 15 is 0 Å². The zero-order valence-electron chi connectivity index (χ0n) is 17.5. The van der Waals surface area contributed by atoms with Gasteiger partial charge in [0.1, 0.15) is 6.04 Å². The predicted octanol–water partition coefficient (Wildman–Crippen LogP) is 2.44. The van der Waals surface area contributed by atoms with E-state index in [9.17, 15) is 31.2 Å². The molecule has 178 valence electrons. The Kier molecular flexibility index (Phi) is 6.23. The molecule has 2 aliphatic heterocycles. The number of carbonyl (C=O) groups is 2. The molecule has 33 heavy (non-hydrogen) atoms. The highest BCUT2D eigenvalue weighted by molar-refractivity contribution is 7.89. The fourth-order valence-electron chi connectivity index (χ4n) is 4.13. The molecule has 2 aromatic rings. The number of alkyl halides is 3. The van der Waals surface area contributed by atoms with Gasteiger partial charge in [-0.2, -0.15) is 17.5 Å². The van der Waals surface area contributed by atoms with Crippen molar-refractivity contribution in [1.29, 1.82) is 0 Å². The lowest BCUT2D eigenvalue weighted by molar-refractivity contribution is -0.137. The lowest BCUT2D eigenvalue weighted by atomic mass is 10.1. The van der Waals surface area contributed by atoms with Crippen molar-refractivity contribution in [2.75, 3.05) is 32.7 Å². The van der Waals surface area contributed by atoms with Crippen LogP contribution in [0.3, 0.4) is 0 Å². The van der Waals surface area contributed by atoms with Gasteiger partial charge in [-0.1, -0.05) is 0 Å². The molecule has 1 aromatic heterocycles. The van der Waals surface area contributed by atoms with Gasteiger partial charge in [-0.3, -0.25) is 9.59 Å². The number of benzene rings is 1. The fraction of sp³-hybridized carbons (Fsp3) is 0.429. The summed E-state index contributed by atoms with van der Waals surface area (Å²) >= 11 is 0. The van der Waals surface area contributed by atoms with E-state index in [0.717, 1.165) is 28.6 Å². The summed E-state index contributed by atoms with van der Waals surface area (Å²) in [4.78, 5) is 28.5. The molecular formula is C21H22F3N3O5S. The van der Waals surface area contributed by atoms with E-state index in [2.05, 4.69) is 0 Å². The van der Waals surface area contributed by atoms with Crippen molar-refractivity contribution in [3.8, 4) is 0 Å². The van der Waals surface area contributed by atoms with Gasteiger partial charge in [0.15, 0.2) is 5.76 Å². The molecule has 2 fully saturated rings. The number of amides is 2. The average Bonchev–Trinajstić information content (AvgIpc) is 3.50. The smallest absolute Gasteiger partial charge is 0.416 e. The Hall–Kier alpha value is -2.86. The second-order valence-corrected chi connectivity index (χ2v) is 9.82. The molecule has 2 aliphatic rings. The van der Waals surface area contributed by atoms with Gasteiger partial charge < -0.3 is 14.2 Å². The summed E-state index contributed by atoms with van der Waals surface area (Å²) in [5.41, 5.74) is -0.929. The molecule has 8 nitrogen and oxygen atoms in total. The third-order valence-corrected chi connectivity index (χ3v) is 7.81. The first-order valence-electron chi connectivity index (χ1n) is 10.4. The van der Waals surface area contributed by atoms with Crippen molar-refractivity contribution < 1.29 is 35.6 Å². The molecule has 0 saturated carbocycles. The third kappa shape index (κ3) is 4.62. The van der Waals surface area contributed by atoms with Crippen LogP contribution in [0.2, 0.25) is 0 Å². The number of hydrogen-bond acceptors (Lipinski definition) is 5. The second-order valence-electron chi connectivity index (χ2n) is 7.89. The van der Waals surface area contributed by atoms with Crippen LogP contribution in [0.4, 0.5) is 13.2 Å². The van der Waals surface area contributed by atoms with Gasteiger partial charge in [-0.15, -0.1) is 0 Å². The maximum absolute atomic E-state index is 13.1. The van der Waals surface area contributed by atoms with Gasteiger partial charge in [0, 0.05) is 32.7 Å². The zero-order chi connectivity index (χ0) is 23.8. The standard InChI is InChI=1S/C21H22F3N3O5S/c22-21(23,24)15-5-7-16(8-6-15)33(30,31)26-12-10-25(11-13-26)19(28)17-3-1-9-27(17)20(29)18-4-2-14-32-18/h2,4-8,14,17H,1,3,9-13H2/t17-/m0/s1. The maximum Gasteiger partial charge on any atom is 0.416 e. The number of piperazine rings is 1. The van der Waals surface area contributed by atoms with E-state index in [1.807, 2.05) is 0 Å². The Labute approximate surface area is 188 Å². The van der Waals surface area contributed by atoms with Gasteiger partial charge in [-0.25, -0.2) is 8.42 Å². The van der Waals surface area contributed by atoms with Crippen molar-refractivity contribution in [3.63, 3.8) is 0 Å². The predicted molar refractivity (Wildman–Crippen MR) is 110 cm³/mol. The van der Waals surface area contributed by atoms with E-state index in [4.69, 9.17) is 4.42 Å². The van der Waals surface area contributed by atoms with Gasteiger partial charge in [0.25, 0.3) is 5.91 Å². The van der Waals surface area contributed by atoms with Crippen molar-refractivity contribution in [3.05, 3.63) is 54.0 Å². The van der Waals surface area contributed by atoms with Gasteiger partial charge in [0.2, 0.25) is 15.9 Å². The summed E-state index contributed by atoms with van der Waals surface area (Å²) in [7, 11) is -4.00. The topological polar surface area (TPSA) is 91.1 Å². The Morgan fingerprint density at radius 3 is 2.21 bits per heavy atom. The number of rotatable bonds is 4. The molecule has 2 saturated heterocycles. The highest BCUT2D eigenvalue weighted by Crippen LogP contribution is 2.30. The van der Waals surface area contributed by atoms with Gasteiger partial charge in [0.05, 0.1) is 16.7 Å². The van der Waals surface area contributed by atoms with Crippen molar-refractivity contribution >= 4 is 21.8 Å². The van der Waals surface area contributed by atoms with E-state index in [0.29, 0.717) is 19.4 Å². The average molecular weight is 485 g/mol. The normalized spacial score (nSPS) is 20.3. The van der Waals surface area contributed by atoms with Crippen LogP contribution in [0.25, 0.3) is 0 Å². The zero-order valence-corrected chi connectivity index (χ0v) is 18.3. The Morgan fingerprint density at radius 1 is 0.970 bits per heavy atom. The highest BCUT2D eigenvalue weighted by atomic mass is 32.2. The summed E-state index contributed by atoms with van der Waals surface area (Å²) in [6.45, 7) is 0.691. The van der Waals surface area contributed by atoms with E-state index in [1.54, 1.807) is 6.07 Å². The summed E-state index contributed by atoms with van der Waals surface area (Å²) in [6, 6.07) is 5.83. The molecule has 1 aromatic carbocycles. The lowest BCUT2D eigenvalue weighted by Gasteiger charge is -2.36. The van der Waals surface area contributed by atoms with Crippen LogP contribution in [0.1, 0.15) is 29.0 Å². The third-order valence-electron chi connectivity index (χ3n) is 5.90. The molecule has 0 bridgehead atoms. The molecular weight excluding hydrogens is 463 g/mol. The lowest BCUT2D eigenvalue weighted by Crippen LogP contribution is -2.55. The van der Waals surface area contributed by atoms with Crippen molar-refractivity contribution in [2.45, 2.75) is 30.0 Å². The molecule has 0 unspecified atom stereocenters. The molecule has 0 N–H and O–H groups in total. The summed E-state index contributed by atoms with van der Waals surface area (Å²) < 4.78 is 70.2. The monoisotopic (exact) mass is 485 g/mol. The molecule has 0 aliphatic carbocycles. The summed E-state index contributed by atoms with van der Waals surface area (Å²) in [6.07, 6.45) is -1.99. The Bertz CT molecular complexity index is 1110. The van der Waals surface area contributed by atoms with E-state index in [1.165, 1.54) is 22.1 Å². The number of nitrogens with zero attached hydrogens (tertiary/aromatic N) is 3. The van der Waals surface area contributed by atoms with Crippen LogP contribution in [0, 0.1) is 0 Å². The second kappa shape index (κ2) is 8.82. The molecule has 1 atom stereocenters. The van der Waals surface area contributed by atoms with E-state index < -0.39 is 27.8 Å². The number of carbonyl (C=O) groups excluding carboxylic acids is 2.